The highest BCUT2D eigenvalue weighted by Crippen LogP contribution is 2.40. The van der Waals surface area contributed by atoms with Crippen LogP contribution >= 0.6 is 0 Å². The lowest BCUT2D eigenvalue weighted by molar-refractivity contribution is -0.386. The molecule has 0 unspecified atom stereocenters. The summed E-state index contributed by atoms with van der Waals surface area (Å²) in [5, 5.41) is 11.5. The molecule has 2 rings (SSSR count). The van der Waals surface area contributed by atoms with Gasteiger partial charge in [-0.1, -0.05) is 0 Å². The fourth-order valence-corrected chi connectivity index (χ4v) is 2.42. The van der Waals surface area contributed by atoms with Gasteiger partial charge >= 0.3 is 5.69 Å². The Kier molecular flexibility index (Phi) is 5.43. The number of nitro benzene ring substituents is 1. The number of nitro groups is 1. The van der Waals surface area contributed by atoms with E-state index in [1.165, 1.54) is 46.6 Å². The first kappa shape index (κ1) is 18.1. The third-order valence-corrected chi connectivity index (χ3v) is 3.60. The van der Waals surface area contributed by atoms with Crippen molar-refractivity contribution in [3.05, 3.63) is 51.6 Å². The largest absolute Gasteiger partial charge is 0.497 e. The van der Waals surface area contributed by atoms with Crippen LogP contribution < -0.4 is 18.9 Å². The van der Waals surface area contributed by atoms with Crippen LogP contribution in [0.5, 0.6) is 23.0 Å². The highest BCUT2D eigenvalue weighted by atomic mass is 16.6. The maximum absolute atomic E-state index is 13.1. The quantitative estimate of drug-likeness (QED) is 0.431. The van der Waals surface area contributed by atoms with E-state index in [-0.39, 0.29) is 28.4 Å². The van der Waals surface area contributed by atoms with Gasteiger partial charge < -0.3 is 18.9 Å². The van der Waals surface area contributed by atoms with Crippen LogP contribution in [0.15, 0.2) is 30.3 Å². The minimum atomic E-state index is -0.679. The molecule has 2 aromatic carbocycles. The highest BCUT2D eigenvalue weighted by molar-refractivity contribution is 6.15. The van der Waals surface area contributed by atoms with Crippen molar-refractivity contribution < 1.29 is 28.7 Å². The van der Waals surface area contributed by atoms with E-state index in [9.17, 15) is 14.9 Å². The van der Waals surface area contributed by atoms with Gasteiger partial charge in [0.1, 0.15) is 22.8 Å². The van der Waals surface area contributed by atoms with Gasteiger partial charge in [0.2, 0.25) is 5.78 Å². The standard InChI is InChI=1S/C17H17NO7/c1-22-10-5-6-12(23-2)11(9-10)17(19)15-13(24-3)7-8-14(25-4)16(15)18(20)21/h5-9H,1-4H3. The van der Waals surface area contributed by atoms with Crippen LogP contribution in [-0.2, 0) is 0 Å². The first-order valence-electron chi connectivity index (χ1n) is 7.14. The Labute approximate surface area is 144 Å². The van der Waals surface area contributed by atoms with E-state index in [1.54, 1.807) is 12.1 Å². The SMILES string of the molecule is COc1ccc(OC)c(C(=O)c2c(OC)ccc(OC)c2[N+](=O)[O-])c1. The molecule has 0 N–H and O–H groups in total. The van der Waals surface area contributed by atoms with Crippen molar-refractivity contribution in [1.82, 2.24) is 0 Å². The van der Waals surface area contributed by atoms with Crippen molar-refractivity contribution in [3.8, 4) is 23.0 Å². The first-order valence-corrected chi connectivity index (χ1v) is 7.14. The van der Waals surface area contributed by atoms with E-state index in [2.05, 4.69) is 0 Å². The van der Waals surface area contributed by atoms with Crippen molar-refractivity contribution in [2.24, 2.45) is 0 Å². The van der Waals surface area contributed by atoms with Crippen molar-refractivity contribution in [2.45, 2.75) is 0 Å². The molecule has 0 aliphatic heterocycles. The van der Waals surface area contributed by atoms with Crippen LogP contribution in [-0.4, -0.2) is 39.1 Å². The Bertz CT molecular complexity index is 817. The molecule has 132 valence electrons. The third kappa shape index (κ3) is 3.32. The molecule has 8 heteroatoms. The number of rotatable bonds is 7. The van der Waals surface area contributed by atoms with Crippen LogP contribution in [0.25, 0.3) is 0 Å². The Morgan fingerprint density at radius 2 is 1.44 bits per heavy atom. The van der Waals surface area contributed by atoms with Gasteiger partial charge in [-0.05, 0) is 30.3 Å². The average Bonchev–Trinajstić information content (AvgIpc) is 2.65. The molecule has 25 heavy (non-hydrogen) atoms. The molecule has 0 heterocycles. The van der Waals surface area contributed by atoms with Crippen molar-refractivity contribution in [3.63, 3.8) is 0 Å². The lowest BCUT2D eigenvalue weighted by atomic mass is 9.99. The smallest absolute Gasteiger partial charge is 0.325 e. The molecule has 0 saturated heterocycles. The van der Waals surface area contributed by atoms with Crippen LogP contribution in [0.4, 0.5) is 5.69 Å². The molecule has 2 aromatic rings. The molecule has 0 bridgehead atoms. The summed E-state index contributed by atoms with van der Waals surface area (Å²) in [6.07, 6.45) is 0. The summed E-state index contributed by atoms with van der Waals surface area (Å²) in [5.41, 5.74) is -0.591. The second-order valence-corrected chi connectivity index (χ2v) is 4.85. The molecule has 0 aliphatic carbocycles. The van der Waals surface area contributed by atoms with E-state index >= 15 is 0 Å². The number of methoxy groups -OCH3 is 4. The number of carbonyl (C=O) groups excluding carboxylic acids is 1. The third-order valence-electron chi connectivity index (χ3n) is 3.60. The summed E-state index contributed by atoms with van der Waals surface area (Å²) >= 11 is 0. The Hall–Kier alpha value is -3.29. The summed E-state index contributed by atoms with van der Waals surface area (Å²) < 4.78 is 20.5. The van der Waals surface area contributed by atoms with Crippen LogP contribution in [0.2, 0.25) is 0 Å². The molecule has 0 amide bonds. The summed E-state index contributed by atoms with van der Waals surface area (Å²) in [4.78, 5) is 24.0. The maximum Gasteiger partial charge on any atom is 0.325 e. The van der Waals surface area contributed by atoms with E-state index in [4.69, 9.17) is 18.9 Å². The van der Waals surface area contributed by atoms with Gasteiger partial charge in [-0.25, -0.2) is 0 Å². The van der Waals surface area contributed by atoms with E-state index in [1.807, 2.05) is 0 Å². The number of carbonyl (C=O) groups is 1. The van der Waals surface area contributed by atoms with Gasteiger partial charge in [0, 0.05) is 0 Å². The van der Waals surface area contributed by atoms with E-state index < -0.39 is 16.4 Å². The average molecular weight is 347 g/mol. The predicted molar refractivity (Wildman–Crippen MR) is 89.2 cm³/mol. The summed E-state index contributed by atoms with van der Waals surface area (Å²) in [6.45, 7) is 0. The van der Waals surface area contributed by atoms with Crippen molar-refractivity contribution >= 4 is 11.5 Å². The van der Waals surface area contributed by atoms with Crippen LogP contribution in [0.1, 0.15) is 15.9 Å². The minimum Gasteiger partial charge on any atom is -0.497 e. The minimum absolute atomic E-state index is 0.0454. The lowest BCUT2D eigenvalue weighted by Gasteiger charge is -2.13. The fourth-order valence-electron chi connectivity index (χ4n) is 2.42. The predicted octanol–water partition coefficient (Wildman–Crippen LogP) is 2.86. The second-order valence-electron chi connectivity index (χ2n) is 4.85. The Balaban J connectivity index is 2.77. The maximum atomic E-state index is 13.1. The zero-order valence-corrected chi connectivity index (χ0v) is 14.2. The molecular weight excluding hydrogens is 330 g/mol. The number of ether oxygens (including phenoxy) is 4. The Morgan fingerprint density at radius 3 is 1.96 bits per heavy atom. The monoisotopic (exact) mass is 347 g/mol. The van der Waals surface area contributed by atoms with E-state index in [0.717, 1.165) is 0 Å². The summed E-state index contributed by atoms with van der Waals surface area (Å²) in [7, 11) is 5.46. The van der Waals surface area contributed by atoms with Gasteiger partial charge in [-0.3, -0.25) is 14.9 Å². The zero-order valence-electron chi connectivity index (χ0n) is 14.2. The zero-order chi connectivity index (χ0) is 18.6. The normalized spacial score (nSPS) is 10.1. The number of benzene rings is 2. The number of hydrogen-bond donors (Lipinski definition) is 0. The van der Waals surface area contributed by atoms with E-state index in [0.29, 0.717) is 5.75 Å². The molecule has 0 aliphatic rings. The molecule has 0 spiro atoms. The molecular formula is C17H17NO7. The van der Waals surface area contributed by atoms with Crippen molar-refractivity contribution in [1.29, 1.82) is 0 Å². The molecule has 0 atom stereocenters. The molecule has 0 fully saturated rings. The Morgan fingerprint density at radius 1 is 0.880 bits per heavy atom. The molecule has 0 aromatic heterocycles. The number of nitrogens with zero attached hydrogens (tertiary/aromatic N) is 1. The topological polar surface area (TPSA) is 97.1 Å². The first-order chi connectivity index (χ1) is 12.0. The van der Waals surface area contributed by atoms with Crippen LogP contribution in [0.3, 0.4) is 0 Å². The second kappa shape index (κ2) is 7.52. The molecule has 0 radical (unpaired) electrons. The van der Waals surface area contributed by atoms with Gasteiger partial charge in [-0.15, -0.1) is 0 Å². The summed E-state index contributed by atoms with van der Waals surface area (Å²) in [5.74, 6) is 0.0372. The van der Waals surface area contributed by atoms with Gasteiger partial charge in [0.05, 0.1) is 38.9 Å². The highest BCUT2D eigenvalue weighted by Gasteiger charge is 2.32. The molecule has 8 nitrogen and oxygen atoms in total. The van der Waals surface area contributed by atoms with Gasteiger partial charge in [-0.2, -0.15) is 0 Å². The van der Waals surface area contributed by atoms with Crippen molar-refractivity contribution in [2.75, 3.05) is 28.4 Å². The number of ketones is 1. The van der Waals surface area contributed by atoms with Crippen LogP contribution in [0, 0.1) is 10.1 Å². The fraction of sp³-hybridized carbons (Fsp3) is 0.235. The summed E-state index contributed by atoms with van der Waals surface area (Å²) in [6, 6.07) is 7.42. The van der Waals surface area contributed by atoms with Gasteiger partial charge in [0.25, 0.3) is 0 Å². The molecule has 0 saturated carbocycles. The number of hydrogen-bond acceptors (Lipinski definition) is 7. The lowest BCUT2D eigenvalue weighted by Crippen LogP contribution is -2.10. The van der Waals surface area contributed by atoms with Gasteiger partial charge in [0.15, 0.2) is 5.75 Å².